The van der Waals surface area contributed by atoms with E-state index in [1.165, 1.54) is 17.0 Å². The Hall–Kier alpha value is -3.90. The third-order valence-corrected chi connectivity index (χ3v) is 5.15. The summed E-state index contributed by atoms with van der Waals surface area (Å²) in [6.07, 6.45) is 0.0785. The maximum absolute atomic E-state index is 12.7. The summed E-state index contributed by atoms with van der Waals surface area (Å²) in [6, 6.07) is 13.2. The van der Waals surface area contributed by atoms with Crippen LogP contribution in [0, 0.1) is 18.3 Å². The van der Waals surface area contributed by atoms with E-state index in [1.54, 1.807) is 37.3 Å². The summed E-state index contributed by atoms with van der Waals surface area (Å²) in [7, 11) is 0. The predicted octanol–water partition coefficient (Wildman–Crippen LogP) is 2.14. The molecule has 1 aromatic heterocycles. The third kappa shape index (κ3) is 5.04. The number of hydrogen-bond acceptors (Lipinski definition) is 6. The van der Waals surface area contributed by atoms with E-state index in [0.717, 1.165) is 10.2 Å². The number of amides is 1. The van der Waals surface area contributed by atoms with Gasteiger partial charge in [-0.05, 0) is 42.8 Å². The van der Waals surface area contributed by atoms with Gasteiger partial charge in [-0.2, -0.15) is 5.26 Å². The van der Waals surface area contributed by atoms with Crippen LogP contribution < -0.4 is 16.0 Å². The fourth-order valence-electron chi connectivity index (χ4n) is 3.11. The molecular weight excluding hydrogens is 436 g/mol. The van der Waals surface area contributed by atoms with E-state index < -0.39 is 36.1 Å². The van der Waals surface area contributed by atoms with Gasteiger partial charge in [0.25, 0.3) is 17.0 Å². The number of fused-ring (bicyclic) bond motifs is 1. The molecule has 0 bridgehead atoms. The van der Waals surface area contributed by atoms with Gasteiger partial charge in [-0.3, -0.25) is 24.3 Å². The molecule has 9 nitrogen and oxygen atoms in total. The first-order chi connectivity index (χ1) is 15.3. The molecule has 0 saturated heterocycles. The topological polar surface area (TPSA) is 125 Å². The van der Waals surface area contributed by atoms with Crippen molar-refractivity contribution < 1.29 is 14.3 Å². The highest BCUT2D eigenvalue weighted by atomic mass is 35.5. The molecular formula is C22H19ClN4O5. The van der Waals surface area contributed by atoms with Crippen LogP contribution in [0.3, 0.4) is 0 Å². The van der Waals surface area contributed by atoms with Crippen LogP contribution in [0.2, 0.25) is 5.02 Å². The molecule has 0 atom stereocenters. The predicted molar refractivity (Wildman–Crippen MR) is 119 cm³/mol. The molecule has 3 aromatic rings. The molecule has 0 aliphatic heterocycles. The van der Waals surface area contributed by atoms with Gasteiger partial charge in [-0.25, -0.2) is 4.68 Å². The van der Waals surface area contributed by atoms with Gasteiger partial charge in [0.1, 0.15) is 6.54 Å². The van der Waals surface area contributed by atoms with E-state index >= 15 is 0 Å². The Labute approximate surface area is 187 Å². The number of nitrogens with zero attached hydrogens (tertiary/aromatic N) is 3. The molecule has 32 heavy (non-hydrogen) atoms. The minimum atomic E-state index is -0.876. The molecule has 0 saturated carbocycles. The van der Waals surface area contributed by atoms with E-state index in [0.29, 0.717) is 10.7 Å². The van der Waals surface area contributed by atoms with Crippen molar-refractivity contribution in [2.24, 2.45) is 0 Å². The largest absolute Gasteiger partial charge is 0.454 e. The van der Waals surface area contributed by atoms with E-state index in [4.69, 9.17) is 21.6 Å². The van der Waals surface area contributed by atoms with Gasteiger partial charge in [-0.1, -0.05) is 23.7 Å². The molecule has 0 aliphatic rings. The van der Waals surface area contributed by atoms with Crippen molar-refractivity contribution in [1.29, 1.82) is 5.26 Å². The summed E-state index contributed by atoms with van der Waals surface area (Å²) in [6.45, 7) is 0.717. The molecule has 0 fully saturated rings. The maximum Gasteiger partial charge on any atom is 0.328 e. The monoisotopic (exact) mass is 454 g/mol. The van der Waals surface area contributed by atoms with Crippen LogP contribution in [0.15, 0.2) is 52.1 Å². The first kappa shape index (κ1) is 22.8. The number of benzene rings is 2. The van der Waals surface area contributed by atoms with Gasteiger partial charge in [0, 0.05) is 17.3 Å². The third-order valence-electron chi connectivity index (χ3n) is 4.73. The fourth-order valence-corrected chi connectivity index (χ4v) is 3.23. The lowest BCUT2D eigenvalue weighted by atomic mass is 10.2. The van der Waals surface area contributed by atoms with Crippen LogP contribution in [-0.2, 0) is 20.9 Å². The molecule has 0 spiro atoms. The van der Waals surface area contributed by atoms with Crippen LogP contribution in [-0.4, -0.2) is 34.8 Å². The summed E-state index contributed by atoms with van der Waals surface area (Å²) in [5.41, 5.74) is 0.175. The second-order valence-corrected chi connectivity index (χ2v) is 7.33. The summed E-state index contributed by atoms with van der Waals surface area (Å²) >= 11 is 6.03. The van der Waals surface area contributed by atoms with E-state index in [2.05, 4.69) is 5.10 Å². The molecule has 10 heteroatoms. The fraction of sp³-hybridized carbons (Fsp3) is 0.227. The van der Waals surface area contributed by atoms with Crippen molar-refractivity contribution in [2.45, 2.75) is 19.9 Å². The molecule has 0 unspecified atom stereocenters. The first-order valence-electron chi connectivity index (χ1n) is 9.62. The maximum atomic E-state index is 12.7. The van der Waals surface area contributed by atoms with Gasteiger partial charge < -0.3 is 9.64 Å². The molecule has 3 rings (SSSR count). The number of anilines is 1. The quantitative estimate of drug-likeness (QED) is 0.545. The number of aryl methyl sites for hydroxylation is 1. The van der Waals surface area contributed by atoms with E-state index in [1.807, 2.05) is 6.07 Å². The summed E-state index contributed by atoms with van der Waals surface area (Å²) in [4.78, 5) is 50.9. The number of carbonyl (C=O) groups excluding carboxylic acids is 2. The van der Waals surface area contributed by atoms with Crippen LogP contribution in [0.4, 0.5) is 5.69 Å². The van der Waals surface area contributed by atoms with E-state index in [9.17, 15) is 19.2 Å². The number of aromatic nitrogens is 2. The van der Waals surface area contributed by atoms with Crippen LogP contribution >= 0.6 is 11.6 Å². The lowest BCUT2D eigenvalue weighted by Crippen LogP contribution is -2.37. The summed E-state index contributed by atoms with van der Waals surface area (Å²) in [5, 5.41) is 12.1. The molecule has 164 valence electrons. The number of nitriles is 1. The van der Waals surface area contributed by atoms with Crippen LogP contribution in [0.25, 0.3) is 10.8 Å². The Morgan fingerprint density at radius 1 is 1.19 bits per heavy atom. The number of H-pyrrole nitrogens is 1. The number of hydrogen-bond donors (Lipinski definition) is 1. The Kier molecular flexibility index (Phi) is 7.07. The van der Waals surface area contributed by atoms with Crippen LogP contribution in [0.1, 0.15) is 12.0 Å². The van der Waals surface area contributed by atoms with Gasteiger partial charge in [0.15, 0.2) is 6.61 Å². The molecule has 1 amide bonds. The lowest BCUT2D eigenvalue weighted by Gasteiger charge is -2.22. The van der Waals surface area contributed by atoms with Gasteiger partial charge in [0.2, 0.25) is 0 Å². The van der Waals surface area contributed by atoms with Gasteiger partial charge in [-0.15, -0.1) is 0 Å². The smallest absolute Gasteiger partial charge is 0.328 e. The SMILES string of the molecule is Cc1cc(N(CCC#N)C(=O)COC(=O)Cn2[nH]c(=O)c3ccccc3c2=O)ccc1Cl. The zero-order chi connectivity index (χ0) is 23.3. The molecule has 2 aromatic carbocycles. The average Bonchev–Trinajstić information content (AvgIpc) is 2.78. The highest BCUT2D eigenvalue weighted by Crippen LogP contribution is 2.23. The second-order valence-electron chi connectivity index (χ2n) is 6.93. The summed E-state index contributed by atoms with van der Waals surface area (Å²) < 4.78 is 5.87. The van der Waals surface area contributed by atoms with Crippen molar-refractivity contribution in [3.05, 3.63) is 73.8 Å². The average molecular weight is 455 g/mol. The van der Waals surface area contributed by atoms with Gasteiger partial charge >= 0.3 is 5.97 Å². The lowest BCUT2D eigenvalue weighted by molar-refractivity contribution is -0.148. The highest BCUT2D eigenvalue weighted by molar-refractivity contribution is 6.31. The Balaban J connectivity index is 1.72. The Morgan fingerprint density at radius 2 is 1.91 bits per heavy atom. The zero-order valence-corrected chi connectivity index (χ0v) is 17.9. The normalized spacial score (nSPS) is 10.5. The number of nitrogens with one attached hydrogen (secondary N) is 1. The highest BCUT2D eigenvalue weighted by Gasteiger charge is 2.19. The number of esters is 1. The number of halogens is 1. The van der Waals surface area contributed by atoms with Crippen molar-refractivity contribution in [1.82, 2.24) is 9.78 Å². The van der Waals surface area contributed by atoms with Crippen molar-refractivity contribution in [3.8, 4) is 6.07 Å². The number of ether oxygens (including phenoxy) is 1. The Bertz CT molecular complexity index is 1340. The zero-order valence-electron chi connectivity index (χ0n) is 17.1. The number of aromatic amines is 1. The number of rotatable bonds is 7. The second kappa shape index (κ2) is 9.94. The molecule has 1 N–H and O–H groups in total. The van der Waals surface area contributed by atoms with Gasteiger partial charge in [0.05, 0.1) is 23.3 Å². The minimum Gasteiger partial charge on any atom is -0.454 e. The Morgan fingerprint density at radius 3 is 2.59 bits per heavy atom. The standard InChI is InChI=1S/C22H19ClN4O5/c1-14-11-15(7-8-18(14)23)26(10-4-9-24)19(28)13-32-20(29)12-27-22(31)17-6-3-2-5-16(17)21(30)25-27/h2-3,5-8,11H,4,10,12-13H2,1H3,(H,25,30). The molecule has 0 radical (unpaired) electrons. The first-order valence-corrected chi connectivity index (χ1v) is 10.0. The van der Waals surface area contributed by atoms with E-state index in [-0.39, 0.29) is 23.7 Å². The van der Waals surface area contributed by atoms with Crippen molar-refractivity contribution >= 4 is 39.9 Å². The van der Waals surface area contributed by atoms with Crippen LogP contribution in [0.5, 0.6) is 0 Å². The molecule has 1 heterocycles. The molecule has 0 aliphatic carbocycles. The number of carbonyl (C=O) groups is 2. The van der Waals surface area contributed by atoms with Crippen molar-refractivity contribution in [2.75, 3.05) is 18.1 Å². The van der Waals surface area contributed by atoms with Crippen molar-refractivity contribution in [3.63, 3.8) is 0 Å². The minimum absolute atomic E-state index is 0.0785. The summed E-state index contributed by atoms with van der Waals surface area (Å²) in [5.74, 6) is -1.42.